The van der Waals surface area contributed by atoms with Gasteiger partial charge < -0.3 is 4.90 Å². The summed E-state index contributed by atoms with van der Waals surface area (Å²) in [5, 5.41) is 16.9. The summed E-state index contributed by atoms with van der Waals surface area (Å²) in [7, 11) is 3.77. The van der Waals surface area contributed by atoms with E-state index in [4.69, 9.17) is 5.21 Å². The number of hydrogen-bond acceptors (Lipinski definition) is 3. The Morgan fingerprint density at radius 3 is 2.20 bits per heavy atom. The Balaban J connectivity index is 3.21. The van der Waals surface area contributed by atoms with Crippen LogP contribution in [0, 0.1) is 0 Å². The Kier molecular flexibility index (Phi) is 3.55. The quantitative estimate of drug-likeness (QED) is 0.611. The number of rotatable bonds is 3. The van der Waals surface area contributed by atoms with Gasteiger partial charge in [0.25, 0.3) is 0 Å². The molecule has 0 amide bonds. The van der Waals surface area contributed by atoms with Crippen LogP contribution in [0.15, 0.2) is 18.2 Å². The van der Waals surface area contributed by atoms with Crippen LogP contribution in [-0.2, 0) is 0 Å². The molecule has 0 saturated carbocycles. The van der Waals surface area contributed by atoms with E-state index in [1.54, 1.807) is 0 Å². The zero-order valence-corrected chi connectivity index (χ0v) is 9.65. The first kappa shape index (κ1) is 11.8. The fraction of sp³-hybridized carbons (Fsp3) is 0.455. The fourth-order valence-electron chi connectivity index (χ4n) is 1.45. The second-order valence-corrected chi connectivity index (χ2v) is 4.11. The van der Waals surface area contributed by atoms with Crippen LogP contribution in [0.1, 0.15) is 25.3 Å². The Morgan fingerprint density at radius 2 is 1.80 bits per heavy atom. The molecule has 84 valence electrons. The lowest BCUT2D eigenvalue weighted by Gasteiger charge is -2.19. The minimum absolute atomic E-state index is 0.389. The zero-order chi connectivity index (χ0) is 11.6. The molecule has 1 aromatic carbocycles. The first-order valence-corrected chi connectivity index (χ1v) is 4.95. The SMILES string of the molecule is CC(C)c1ccc(N(C)C)c(N(O)[OH2+])c1. The molecule has 1 rings (SSSR count). The van der Waals surface area contributed by atoms with Crippen LogP contribution >= 0.6 is 0 Å². The molecular formula is C11H19N2O2+. The van der Waals surface area contributed by atoms with E-state index in [1.807, 2.05) is 37.2 Å². The summed E-state index contributed by atoms with van der Waals surface area (Å²) >= 11 is 0. The van der Waals surface area contributed by atoms with Crippen molar-refractivity contribution < 1.29 is 10.4 Å². The van der Waals surface area contributed by atoms with Gasteiger partial charge in [0.2, 0.25) is 0 Å². The van der Waals surface area contributed by atoms with E-state index in [0.717, 1.165) is 11.3 Å². The number of hydrogen-bond donors (Lipinski definition) is 1. The lowest BCUT2D eigenvalue weighted by atomic mass is 10.0. The van der Waals surface area contributed by atoms with Crippen molar-refractivity contribution in [3.05, 3.63) is 23.8 Å². The predicted molar refractivity (Wildman–Crippen MR) is 62.7 cm³/mol. The van der Waals surface area contributed by atoms with Crippen LogP contribution in [-0.4, -0.2) is 24.5 Å². The van der Waals surface area contributed by atoms with E-state index in [1.165, 1.54) is 0 Å². The zero-order valence-electron chi connectivity index (χ0n) is 9.65. The summed E-state index contributed by atoms with van der Waals surface area (Å²) in [4.78, 5) is 1.87. The lowest BCUT2D eigenvalue weighted by Crippen LogP contribution is -2.18. The molecule has 0 unspecified atom stereocenters. The third-order valence-corrected chi connectivity index (χ3v) is 2.38. The van der Waals surface area contributed by atoms with Crippen molar-refractivity contribution in [1.82, 2.24) is 0 Å². The standard InChI is InChI=1S/C11H18N2O2/c1-8(2)9-5-6-10(12(3)4)11(7-9)13(14)15/h5-8,14-15H,1-4H3/p+1. The molecule has 1 aromatic rings. The van der Waals surface area contributed by atoms with Crippen LogP contribution in [0.25, 0.3) is 0 Å². The number of benzene rings is 1. The first-order valence-electron chi connectivity index (χ1n) is 4.95. The molecule has 0 spiro atoms. The van der Waals surface area contributed by atoms with E-state index in [9.17, 15) is 5.21 Å². The molecule has 0 radical (unpaired) electrons. The topological polar surface area (TPSA) is 49.6 Å². The summed E-state index contributed by atoms with van der Waals surface area (Å²) in [6.45, 7) is 4.17. The highest BCUT2D eigenvalue weighted by Crippen LogP contribution is 2.30. The number of anilines is 2. The molecule has 0 heterocycles. The predicted octanol–water partition coefficient (Wildman–Crippen LogP) is 1.71. The molecular weight excluding hydrogens is 192 g/mol. The van der Waals surface area contributed by atoms with Gasteiger partial charge in [-0.25, -0.2) is 5.21 Å². The highest BCUT2D eigenvalue weighted by Gasteiger charge is 2.14. The molecule has 15 heavy (non-hydrogen) atoms. The molecule has 0 atom stereocenters. The van der Waals surface area contributed by atoms with E-state index < -0.39 is 0 Å². The molecule has 0 fully saturated rings. The van der Waals surface area contributed by atoms with Crippen molar-refractivity contribution in [3.8, 4) is 0 Å². The van der Waals surface area contributed by atoms with Gasteiger partial charge in [-0.15, -0.1) is 0 Å². The van der Waals surface area contributed by atoms with E-state index in [2.05, 4.69) is 13.8 Å². The van der Waals surface area contributed by atoms with Crippen LogP contribution in [0.3, 0.4) is 0 Å². The van der Waals surface area contributed by atoms with Crippen LogP contribution in [0.4, 0.5) is 11.4 Å². The maximum Gasteiger partial charge on any atom is 0.165 e. The van der Waals surface area contributed by atoms with Crippen LogP contribution in [0.5, 0.6) is 0 Å². The molecule has 4 heteroatoms. The van der Waals surface area contributed by atoms with Crippen molar-refractivity contribution in [2.75, 3.05) is 24.2 Å². The van der Waals surface area contributed by atoms with Gasteiger partial charge in [0.1, 0.15) is 0 Å². The van der Waals surface area contributed by atoms with Crippen LogP contribution in [0.2, 0.25) is 0 Å². The van der Waals surface area contributed by atoms with Crippen molar-refractivity contribution in [3.63, 3.8) is 0 Å². The van der Waals surface area contributed by atoms with Gasteiger partial charge in [0.15, 0.2) is 5.69 Å². The molecule has 3 N–H and O–H groups in total. The Bertz CT molecular complexity index is 335. The monoisotopic (exact) mass is 211 g/mol. The number of nitrogens with zero attached hydrogens (tertiary/aromatic N) is 2. The minimum Gasteiger partial charge on any atom is -0.376 e. The van der Waals surface area contributed by atoms with E-state index >= 15 is 0 Å². The van der Waals surface area contributed by atoms with Gasteiger partial charge >= 0.3 is 0 Å². The molecule has 0 bridgehead atoms. The molecule has 0 aliphatic rings. The van der Waals surface area contributed by atoms with Gasteiger partial charge in [0, 0.05) is 14.1 Å². The molecule has 4 nitrogen and oxygen atoms in total. The summed E-state index contributed by atoms with van der Waals surface area (Å²) < 4.78 is 0. The summed E-state index contributed by atoms with van der Waals surface area (Å²) in [5.41, 5.74) is 2.45. The van der Waals surface area contributed by atoms with Crippen molar-refractivity contribution in [2.24, 2.45) is 0 Å². The first-order chi connectivity index (χ1) is 6.93. The fourth-order valence-corrected chi connectivity index (χ4v) is 1.45. The lowest BCUT2D eigenvalue weighted by molar-refractivity contribution is 0.0294. The third-order valence-electron chi connectivity index (χ3n) is 2.38. The largest absolute Gasteiger partial charge is 0.376 e. The van der Waals surface area contributed by atoms with Gasteiger partial charge in [-0.2, -0.15) is 0 Å². The van der Waals surface area contributed by atoms with Crippen molar-refractivity contribution in [2.45, 2.75) is 19.8 Å². The molecule has 0 aromatic heterocycles. The van der Waals surface area contributed by atoms with Gasteiger partial charge in [-0.3, -0.25) is 5.21 Å². The molecule has 0 saturated heterocycles. The van der Waals surface area contributed by atoms with Crippen molar-refractivity contribution >= 4 is 11.4 Å². The smallest absolute Gasteiger partial charge is 0.165 e. The van der Waals surface area contributed by atoms with Gasteiger partial charge in [0.05, 0.1) is 5.69 Å². The second-order valence-electron chi connectivity index (χ2n) is 4.11. The third kappa shape index (κ3) is 2.61. The Hall–Kier alpha value is -1.26. The molecule has 0 aliphatic heterocycles. The Labute approximate surface area is 90.3 Å². The normalized spacial score (nSPS) is 10.6. The van der Waals surface area contributed by atoms with Gasteiger partial charge in [-0.1, -0.05) is 19.9 Å². The van der Waals surface area contributed by atoms with Gasteiger partial charge in [-0.05, 0) is 28.8 Å². The Morgan fingerprint density at radius 1 is 1.20 bits per heavy atom. The maximum atomic E-state index is 9.23. The molecule has 0 aliphatic carbocycles. The van der Waals surface area contributed by atoms with E-state index in [0.29, 0.717) is 16.8 Å². The summed E-state index contributed by atoms with van der Waals surface area (Å²) in [5.74, 6) is 0.389. The highest BCUT2D eigenvalue weighted by molar-refractivity contribution is 5.69. The van der Waals surface area contributed by atoms with Crippen molar-refractivity contribution in [1.29, 1.82) is 0 Å². The summed E-state index contributed by atoms with van der Waals surface area (Å²) in [6.07, 6.45) is 0. The summed E-state index contributed by atoms with van der Waals surface area (Å²) in [6, 6.07) is 5.78. The average Bonchev–Trinajstić information content (AvgIpc) is 2.16. The van der Waals surface area contributed by atoms with E-state index in [-0.39, 0.29) is 0 Å². The maximum absolute atomic E-state index is 9.23. The average molecular weight is 211 g/mol. The van der Waals surface area contributed by atoms with Crippen LogP contribution < -0.4 is 10.1 Å². The highest BCUT2D eigenvalue weighted by atomic mass is 16.8. The second kappa shape index (κ2) is 4.51. The minimum atomic E-state index is 0.389.